The van der Waals surface area contributed by atoms with Crippen LogP contribution in [0.25, 0.3) is 0 Å². The van der Waals surface area contributed by atoms with E-state index in [-0.39, 0.29) is 5.57 Å². The van der Waals surface area contributed by atoms with Crippen molar-refractivity contribution in [2.75, 3.05) is 0 Å². The third-order valence-electron chi connectivity index (χ3n) is 2.04. The van der Waals surface area contributed by atoms with E-state index >= 15 is 0 Å². The van der Waals surface area contributed by atoms with Gasteiger partial charge in [-0.2, -0.15) is 0 Å². The van der Waals surface area contributed by atoms with Crippen molar-refractivity contribution in [3.05, 3.63) is 33.5 Å². The van der Waals surface area contributed by atoms with Gasteiger partial charge >= 0.3 is 5.97 Å². The number of halogens is 1. The Bertz CT molecular complexity index is 350. The van der Waals surface area contributed by atoms with E-state index in [1.807, 2.05) is 6.92 Å². The van der Waals surface area contributed by atoms with Gasteiger partial charge in [0.2, 0.25) is 0 Å². The lowest BCUT2D eigenvalue weighted by Crippen LogP contribution is -2.06. The van der Waals surface area contributed by atoms with Gasteiger partial charge in [0.05, 0.1) is 5.57 Å². The number of carboxylic acids is 1. The van der Waals surface area contributed by atoms with Gasteiger partial charge in [0, 0.05) is 10.2 Å². The molecule has 4 heteroatoms. The third kappa shape index (κ3) is 5.16. The van der Waals surface area contributed by atoms with E-state index in [4.69, 9.17) is 10.8 Å². The maximum Gasteiger partial charge on any atom is 0.337 e. The predicted molar refractivity (Wildman–Crippen MR) is 70.2 cm³/mol. The van der Waals surface area contributed by atoms with Gasteiger partial charge in [-0.05, 0) is 31.9 Å². The van der Waals surface area contributed by atoms with Gasteiger partial charge in [-0.1, -0.05) is 35.4 Å². The Morgan fingerprint density at radius 3 is 2.38 bits per heavy atom. The van der Waals surface area contributed by atoms with Gasteiger partial charge in [0.15, 0.2) is 0 Å². The van der Waals surface area contributed by atoms with Crippen LogP contribution in [0.15, 0.2) is 33.5 Å². The first-order chi connectivity index (χ1) is 7.40. The number of carbonyl (C=O) groups is 1. The number of hydrogen-bond donors (Lipinski definition) is 2. The van der Waals surface area contributed by atoms with E-state index in [0.29, 0.717) is 5.70 Å². The van der Waals surface area contributed by atoms with E-state index in [2.05, 4.69) is 28.9 Å². The van der Waals surface area contributed by atoms with E-state index in [0.717, 1.165) is 22.9 Å². The minimum atomic E-state index is -1.01. The largest absolute Gasteiger partial charge is 0.478 e. The smallest absolute Gasteiger partial charge is 0.337 e. The summed E-state index contributed by atoms with van der Waals surface area (Å²) in [6.07, 6.45) is 5.64. The topological polar surface area (TPSA) is 63.3 Å². The molecule has 0 radical (unpaired) electrons. The second-order valence-electron chi connectivity index (χ2n) is 3.57. The predicted octanol–water partition coefficient (Wildman–Crippen LogP) is 3.33. The molecular weight excluding hydrogens is 270 g/mol. The monoisotopic (exact) mass is 287 g/mol. The molecule has 0 saturated heterocycles. The number of aliphatic carboxylic acids is 1. The average Bonchev–Trinajstić information content (AvgIpc) is 2.20. The van der Waals surface area contributed by atoms with Crippen LogP contribution in [0.4, 0.5) is 0 Å². The molecule has 3 N–H and O–H groups in total. The highest BCUT2D eigenvalue weighted by Gasteiger charge is 2.08. The van der Waals surface area contributed by atoms with Gasteiger partial charge < -0.3 is 10.8 Å². The fraction of sp³-hybridized carbons (Fsp3) is 0.417. The molecule has 3 nitrogen and oxygen atoms in total. The van der Waals surface area contributed by atoms with Gasteiger partial charge in [0.25, 0.3) is 0 Å². The molecular formula is C12H18BrNO2. The minimum Gasteiger partial charge on any atom is -0.478 e. The van der Waals surface area contributed by atoms with Crippen LogP contribution in [0.2, 0.25) is 0 Å². The van der Waals surface area contributed by atoms with Gasteiger partial charge in [0.1, 0.15) is 0 Å². The first-order valence-electron chi connectivity index (χ1n) is 5.14. The van der Waals surface area contributed by atoms with Crippen molar-refractivity contribution >= 4 is 21.9 Å². The van der Waals surface area contributed by atoms with Crippen LogP contribution in [0.3, 0.4) is 0 Å². The van der Waals surface area contributed by atoms with Crippen LogP contribution in [0.1, 0.15) is 33.6 Å². The lowest BCUT2D eigenvalue weighted by molar-refractivity contribution is -0.132. The molecule has 16 heavy (non-hydrogen) atoms. The number of nitrogens with two attached hydrogens (primary N) is 1. The van der Waals surface area contributed by atoms with Crippen LogP contribution in [0.5, 0.6) is 0 Å². The minimum absolute atomic E-state index is 0.121. The summed E-state index contributed by atoms with van der Waals surface area (Å²) in [6, 6.07) is 0. The number of hydrogen-bond acceptors (Lipinski definition) is 2. The third-order valence-corrected chi connectivity index (χ3v) is 2.90. The summed E-state index contributed by atoms with van der Waals surface area (Å²) in [7, 11) is 0. The first-order valence-corrected chi connectivity index (χ1v) is 5.93. The zero-order chi connectivity index (χ0) is 12.7. The number of carboxylic acid groups (broad SMARTS) is 1. The van der Waals surface area contributed by atoms with Crippen LogP contribution in [-0.4, -0.2) is 11.1 Å². The molecule has 0 amide bonds. The van der Waals surface area contributed by atoms with Crippen molar-refractivity contribution in [2.45, 2.75) is 33.6 Å². The Morgan fingerprint density at radius 2 is 2.00 bits per heavy atom. The molecule has 90 valence electrons. The van der Waals surface area contributed by atoms with Crippen molar-refractivity contribution in [2.24, 2.45) is 5.73 Å². The molecule has 0 aliphatic heterocycles. The van der Waals surface area contributed by atoms with Crippen molar-refractivity contribution < 1.29 is 9.90 Å². The summed E-state index contributed by atoms with van der Waals surface area (Å²) in [5.74, 6) is -1.01. The van der Waals surface area contributed by atoms with Crippen LogP contribution >= 0.6 is 15.9 Å². The molecule has 0 atom stereocenters. The van der Waals surface area contributed by atoms with Crippen molar-refractivity contribution in [1.29, 1.82) is 0 Å². The standard InChI is InChI=1S/C12H18BrNO2/c1-4-5-6-8(2)11(13)7-10(9(3)14)12(15)16/h6-7H,4-5,14H2,1-3H3,(H,15,16)/b8-6+,10-9-,11-7+. The number of allylic oxidation sites excluding steroid dienone is 4. The molecule has 0 aliphatic rings. The highest BCUT2D eigenvalue weighted by Crippen LogP contribution is 2.20. The molecule has 0 spiro atoms. The van der Waals surface area contributed by atoms with E-state index < -0.39 is 5.97 Å². The Kier molecular flexibility index (Phi) is 6.81. The van der Waals surface area contributed by atoms with E-state index in [9.17, 15) is 4.79 Å². The van der Waals surface area contributed by atoms with Crippen LogP contribution < -0.4 is 5.73 Å². The second-order valence-corrected chi connectivity index (χ2v) is 4.42. The van der Waals surface area contributed by atoms with Crippen LogP contribution in [-0.2, 0) is 4.79 Å². The Balaban J connectivity index is 5.03. The molecule has 0 aromatic heterocycles. The normalized spacial score (nSPS) is 14.8. The van der Waals surface area contributed by atoms with Gasteiger partial charge in [-0.3, -0.25) is 0 Å². The fourth-order valence-electron chi connectivity index (χ4n) is 1.04. The fourth-order valence-corrected chi connectivity index (χ4v) is 1.43. The Hall–Kier alpha value is -1.03. The van der Waals surface area contributed by atoms with Crippen molar-refractivity contribution in [1.82, 2.24) is 0 Å². The Morgan fingerprint density at radius 1 is 1.44 bits per heavy atom. The van der Waals surface area contributed by atoms with E-state index in [1.54, 1.807) is 13.0 Å². The van der Waals surface area contributed by atoms with Crippen molar-refractivity contribution in [3.8, 4) is 0 Å². The molecule has 0 saturated carbocycles. The summed E-state index contributed by atoms with van der Waals surface area (Å²) in [5, 5.41) is 8.93. The number of rotatable bonds is 5. The molecule has 0 unspecified atom stereocenters. The maximum atomic E-state index is 10.9. The molecule has 0 fully saturated rings. The lowest BCUT2D eigenvalue weighted by atomic mass is 10.1. The molecule has 0 heterocycles. The second kappa shape index (κ2) is 7.28. The molecule has 0 aliphatic carbocycles. The Labute approximate surface area is 105 Å². The molecule has 0 rings (SSSR count). The molecule has 0 bridgehead atoms. The SMILES string of the molecule is CCC/C=C(C)/C(Br)=C\C(C(=O)O)=C(/C)N. The van der Waals surface area contributed by atoms with E-state index in [1.165, 1.54) is 0 Å². The summed E-state index contributed by atoms with van der Waals surface area (Å²) < 4.78 is 0.753. The quantitative estimate of drug-likeness (QED) is 0.602. The van der Waals surface area contributed by atoms with Crippen LogP contribution in [0, 0.1) is 0 Å². The maximum absolute atomic E-state index is 10.9. The average molecular weight is 288 g/mol. The molecule has 0 aromatic carbocycles. The highest BCUT2D eigenvalue weighted by atomic mass is 79.9. The summed E-state index contributed by atoms with van der Waals surface area (Å²) >= 11 is 3.35. The lowest BCUT2D eigenvalue weighted by Gasteiger charge is -2.02. The number of unbranched alkanes of at least 4 members (excludes halogenated alkanes) is 1. The summed E-state index contributed by atoms with van der Waals surface area (Å²) in [5.41, 5.74) is 6.94. The zero-order valence-corrected chi connectivity index (χ0v) is 11.5. The zero-order valence-electron chi connectivity index (χ0n) is 9.88. The highest BCUT2D eigenvalue weighted by molar-refractivity contribution is 9.12. The first kappa shape index (κ1) is 15.0. The van der Waals surface area contributed by atoms with Gasteiger partial charge in [-0.25, -0.2) is 4.79 Å². The van der Waals surface area contributed by atoms with Crippen molar-refractivity contribution in [3.63, 3.8) is 0 Å². The summed E-state index contributed by atoms with van der Waals surface area (Å²) in [4.78, 5) is 10.9. The van der Waals surface area contributed by atoms with Gasteiger partial charge in [-0.15, -0.1) is 0 Å². The molecule has 0 aromatic rings. The summed E-state index contributed by atoms with van der Waals surface area (Å²) in [6.45, 7) is 5.60.